The molecule has 2 aromatic heterocycles. The van der Waals surface area contributed by atoms with Crippen LogP contribution in [0.4, 0.5) is 0 Å². The van der Waals surface area contributed by atoms with Crippen LogP contribution < -0.4 is 9.46 Å². The number of carbonyl (C=O) groups excluding carboxylic acids is 4. The molecular weight excluding hydrogens is 887 g/mol. The predicted octanol–water partition coefficient (Wildman–Crippen LogP) is 9.64. The summed E-state index contributed by atoms with van der Waals surface area (Å²) < 4.78 is 42.6. The maximum atomic E-state index is 14.9. The molecule has 13 nitrogen and oxygen atoms in total. The third-order valence-electron chi connectivity index (χ3n) is 14.1. The van der Waals surface area contributed by atoms with Crippen LogP contribution in [0.15, 0.2) is 60.0 Å². The number of aromatic nitrogens is 3. The minimum atomic E-state index is -3.97. The van der Waals surface area contributed by atoms with Gasteiger partial charge in [0.25, 0.3) is 6.01 Å². The van der Waals surface area contributed by atoms with Crippen molar-refractivity contribution in [3.8, 4) is 16.6 Å². The van der Waals surface area contributed by atoms with E-state index in [9.17, 15) is 27.6 Å². The fraction of sp³-hybridized carbons (Fsp3) is 0.577. The fourth-order valence-corrected chi connectivity index (χ4v) is 11.9. The number of carbonyl (C=O) groups is 4. The summed E-state index contributed by atoms with van der Waals surface area (Å²) in [6.07, 6.45) is 8.50. The molecule has 0 bridgehead atoms. The maximum Gasteiger partial charge on any atom is 0.307 e. The molecule has 2 saturated carbocycles. The van der Waals surface area contributed by atoms with Crippen LogP contribution in [-0.2, 0) is 40.4 Å². The SMILES string of the molecule is CC(C)c1ccc(Cc2csc(-c3cccc4c3nc(O[C@@H]3C[C@H]5C(=O)C[C@]6(C(=O)NS(=O)(=O)C7(C)CC7)C[C@H]6/C=C\CCCCC[C@H](CC(=O)OC(C)(C)C)C(=O)N5C3)n4C(C)C)n2)cc1. The summed E-state index contributed by atoms with van der Waals surface area (Å²) in [6, 6.07) is 14.0. The number of nitrogens with one attached hydrogen (secondary N) is 1. The lowest BCUT2D eigenvalue weighted by Gasteiger charge is -2.29. The van der Waals surface area contributed by atoms with Gasteiger partial charge in [0.2, 0.25) is 21.8 Å². The summed E-state index contributed by atoms with van der Waals surface area (Å²) in [6.45, 7) is 15.5. The Balaban J connectivity index is 1.10. The molecule has 2 aromatic carbocycles. The van der Waals surface area contributed by atoms with Crippen LogP contribution in [0.3, 0.4) is 0 Å². The number of hydrogen-bond donors (Lipinski definition) is 1. The van der Waals surface area contributed by atoms with Crippen LogP contribution >= 0.6 is 11.3 Å². The number of amides is 2. The molecule has 1 saturated heterocycles. The van der Waals surface area contributed by atoms with E-state index >= 15 is 0 Å². The van der Waals surface area contributed by atoms with Gasteiger partial charge in [0.15, 0.2) is 5.78 Å². The number of imidazole rings is 1. The van der Waals surface area contributed by atoms with Crippen LogP contribution in [0.2, 0.25) is 0 Å². The second kappa shape index (κ2) is 18.9. The number of para-hydroxylation sites is 1. The van der Waals surface area contributed by atoms with Crippen molar-refractivity contribution in [3.05, 3.63) is 76.8 Å². The number of rotatable bonds is 12. The van der Waals surface area contributed by atoms with E-state index < -0.39 is 55.7 Å². The van der Waals surface area contributed by atoms with Gasteiger partial charge in [0.1, 0.15) is 22.2 Å². The number of fused-ring (bicyclic) bond motifs is 3. The maximum absolute atomic E-state index is 14.9. The van der Waals surface area contributed by atoms with Gasteiger partial charge in [0.05, 0.1) is 40.4 Å². The first-order chi connectivity index (χ1) is 31.7. The third-order valence-corrected chi connectivity index (χ3v) is 17.2. The number of allylic oxidation sites excluding steroid dienone is 2. The largest absolute Gasteiger partial charge is 0.460 e. The number of ether oxygens (including phenoxy) is 2. The van der Waals surface area contributed by atoms with Crippen molar-refractivity contribution in [3.63, 3.8) is 0 Å². The Hall–Kier alpha value is -4.89. The number of benzene rings is 2. The molecule has 67 heavy (non-hydrogen) atoms. The molecule has 0 spiro atoms. The Morgan fingerprint density at radius 2 is 1.75 bits per heavy atom. The van der Waals surface area contributed by atoms with Crippen LogP contribution in [0.1, 0.15) is 155 Å². The molecule has 0 unspecified atom stereocenters. The quantitative estimate of drug-likeness (QED) is 0.107. The predicted molar refractivity (Wildman–Crippen MR) is 260 cm³/mol. The number of sulfonamides is 1. The summed E-state index contributed by atoms with van der Waals surface area (Å²) in [5, 5.41) is 2.92. The van der Waals surface area contributed by atoms with Gasteiger partial charge < -0.3 is 14.4 Å². The Kier molecular flexibility index (Phi) is 13.7. The van der Waals surface area contributed by atoms with Gasteiger partial charge >= 0.3 is 5.97 Å². The third kappa shape index (κ3) is 10.6. The lowest BCUT2D eigenvalue weighted by molar-refractivity contribution is -0.159. The van der Waals surface area contributed by atoms with Crippen molar-refractivity contribution in [2.24, 2.45) is 17.3 Å². The van der Waals surface area contributed by atoms with E-state index in [4.69, 9.17) is 19.4 Å². The molecule has 4 aromatic rings. The minimum Gasteiger partial charge on any atom is -0.460 e. The minimum absolute atomic E-state index is 0.0530. The molecule has 4 aliphatic rings. The lowest BCUT2D eigenvalue weighted by Crippen LogP contribution is -2.47. The van der Waals surface area contributed by atoms with Crippen molar-refractivity contribution in [1.82, 2.24) is 24.2 Å². The summed E-state index contributed by atoms with van der Waals surface area (Å²) >= 11 is 1.57. The molecule has 0 radical (unpaired) electrons. The normalized spacial score (nSPS) is 25.0. The molecular formula is C52H67N5O8S2. The van der Waals surface area contributed by atoms with Crippen molar-refractivity contribution < 1.29 is 37.1 Å². The molecule has 2 aliphatic carbocycles. The molecule has 15 heteroatoms. The van der Waals surface area contributed by atoms with E-state index in [0.29, 0.717) is 50.5 Å². The van der Waals surface area contributed by atoms with E-state index in [2.05, 4.69) is 62.1 Å². The van der Waals surface area contributed by atoms with Gasteiger partial charge in [-0.05, 0) is 115 Å². The smallest absolute Gasteiger partial charge is 0.307 e. The first kappa shape index (κ1) is 48.6. The second-order valence-corrected chi connectivity index (χ2v) is 24.3. The first-order valence-corrected chi connectivity index (χ1v) is 26.5. The molecule has 3 fully saturated rings. The Labute approximate surface area is 399 Å². The molecule has 8 rings (SSSR count). The van der Waals surface area contributed by atoms with Crippen molar-refractivity contribution >= 4 is 56.0 Å². The summed E-state index contributed by atoms with van der Waals surface area (Å²) in [4.78, 5) is 69.0. The van der Waals surface area contributed by atoms with Gasteiger partial charge in [-0.25, -0.2) is 13.4 Å². The Bertz CT molecular complexity index is 2660. The van der Waals surface area contributed by atoms with Gasteiger partial charge in [-0.1, -0.05) is 69.2 Å². The summed E-state index contributed by atoms with van der Waals surface area (Å²) in [5.74, 6) is -2.46. The summed E-state index contributed by atoms with van der Waals surface area (Å²) in [7, 11) is -3.97. The topological polar surface area (TPSA) is 167 Å². The second-order valence-electron chi connectivity index (χ2n) is 21.3. The highest BCUT2D eigenvalue weighted by Crippen LogP contribution is 2.58. The standard InChI is InChI=1S/C52H67N5O8S2/c1-32(2)35-21-19-34(20-22-35)25-38-31-66-46(53-38)40-17-14-18-41-45(40)54-49(57(41)33(3)4)64-39-27-42-43(58)29-52(48(61)55-67(62,63)51(8)23-24-51)28-37(52)16-13-11-9-10-12-15-36(47(60)56(42)30-39)26-44(59)65-50(5,6)7/h13-14,16-22,31-33,36-37,39,42H,9-12,15,23-30H2,1-8H3,(H,55,61)/b16-13-/t36-,37-,39-,42+,52-/m1/s1. The molecule has 5 atom stereocenters. The number of esters is 1. The van der Waals surface area contributed by atoms with Crippen LogP contribution in [-0.4, -0.2) is 80.5 Å². The zero-order valence-electron chi connectivity index (χ0n) is 40.3. The number of thiazole rings is 1. The Morgan fingerprint density at radius 1 is 1.00 bits per heavy atom. The summed E-state index contributed by atoms with van der Waals surface area (Å²) in [5.41, 5.74) is 3.89. The lowest BCUT2D eigenvalue weighted by atomic mass is 9.90. The monoisotopic (exact) mass is 953 g/mol. The van der Waals surface area contributed by atoms with Gasteiger partial charge in [-0.2, -0.15) is 4.98 Å². The average Bonchev–Trinajstić information content (AvgIpc) is 3.94. The van der Waals surface area contributed by atoms with E-state index in [-0.39, 0.29) is 49.5 Å². The zero-order chi connectivity index (χ0) is 48.1. The van der Waals surface area contributed by atoms with E-state index in [0.717, 1.165) is 46.6 Å². The number of hydrogen-bond acceptors (Lipinski definition) is 11. The fourth-order valence-electron chi connectivity index (χ4n) is 9.75. The number of Topliss-reactive ketones (excluding diaryl/α,β-unsaturated/α-hetero) is 1. The highest BCUT2D eigenvalue weighted by Gasteiger charge is 2.62. The molecule has 360 valence electrons. The molecule has 2 amide bonds. The number of nitrogens with zero attached hydrogens (tertiary/aromatic N) is 4. The van der Waals surface area contributed by atoms with E-state index in [1.54, 1.807) is 43.9 Å². The van der Waals surface area contributed by atoms with Crippen molar-refractivity contribution in [2.45, 2.75) is 167 Å². The van der Waals surface area contributed by atoms with Crippen LogP contribution in [0.5, 0.6) is 6.01 Å². The van der Waals surface area contributed by atoms with Crippen molar-refractivity contribution in [2.75, 3.05) is 6.54 Å². The van der Waals surface area contributed by atoms with E-state index in [1.807, 2.05) is 34.9 Å². The zero-order valence-corrected chi connectivity index (χ0v) is 41.9. The van der Waals surface area contributed by atoms with Gasteiger partial charge in [0, 0.05) is 42.2 Å². The molecule has 4 heterocycles. The van der Waals surface area contributed by atoms with Crippen LogP contribution in [0, 0.1) is 17.3 Å². The molecule has 1 N–H and O–H groups in total. The van der Waals surface area contributed by atoms with E-state index in [1.165, 1.54) is 11.1 Å². The number of ketones is 1. The first-order valence-electron chi connectivity index (χ1n) is 24.2. The van der Waals surface area contributed by atoms with Gasteiger partial charge in [-0.3, -0.25) is 28.5 Å². The van der Waals surface area contributed by atoms with Gasteiger partial charge in [-0.15, -0.1) is 11.3 Å². The van der Waals surface area contributed by atoms with Crippen molar-refractivity contribution in [1.29, 1.82) is 0 Å². The highest BCUT2D eigenvalue weighted by molar-refractivity contribution is 7.91. The molecule has 2 aliphatic heterocycles. The highest BCUT2D eigenvalue weighted by atomic mass is 32.2. The average molecular weight is 954 g/mol. The Morgan fingerprint density at radius 3 is 2.43 bits per heavy atom. The van der Waals surface area contributed by atoms with Crippen LogP contribution in [0.25, 0.3) is 21.6 Å².